The summed E-state index contributed by atoms with van der Waals surface area (Å²) >= 11 is 0. The minimum Gasteiger partial charge on any atom is -0.265 e. The van der Waals surface area contributed by atoms with Gasteiger partial charge in [0.2, 0.25) is 0 Å². The second-order valence-corrected chi connectivity index (χ2v) is 5.15. The van der Waals surface area contributed by atoms with Gasteiger partial charge in [0.15, 0.2) is 0 Å². The van der Waals surface area contributed by atoms with E-state index < -0.39 is 0 Å². The number of rotatable bonds is 2. The highest BCUT2D eigenvalue weighted by molar-refractivity contribution is 5.94. The van der Waals surface area contributed by atoms with Gasteiger partial charge in [0.25, 0.3) is 11.1 Å². The standard InChI is InChI=1S/C17H12N4O2/c1-3-7-12-10(4-2)14-16(22)21-15(17(23)20(14)18-12)11-8-5-6-9-13(11)19-21/h3-9H,2H2,1H3/b7-3-. The summed E-state index contributed by atoms with van der Waals surface area (Å²) < 4.78 is 2.31. The van der Waals surface area contributed by atoms with Crippen LogP contribution >= 0.6 is 0 Å². The van der Waals surface area contributed by atoms with Crippen LogP contribution in [0.15, 0.2) is 46.5 Å². The quantitative estimate of drug-likeness (QED) is 0.568. The van der Waals surface area contributed by atoms with E-state index in [0.29, 0.717) is 22.2 Å². The highest BCUT2D eigenvalue weighted by Gasteiger charge is 2.20. The summed E-state index contributed by atoms with van der Waals surface area (Å²) in [7, 11) is 0. The number of nitrogens with zero attached hydrogens (tertiary/aromatic N) is 4. The molecule has 6 heteroatoms. The summed E-state index contributed by atoms with van der Waals surface area (Å²) in [5, 5.41) is 9.18. The summed E-state index contributed by atoms with van der Waals surface area (Å²) in [6.45, 7) is 5.57. The van der Waals surface area contributed by atoms with Gasteiger partial charge in [-0.1, -0.05) is 36.9 Å². The fourth-order valence-corrected chi connectivity index (χ4v) is 2.87. The van der Waals surface area contributed by atoms with Crippen molar-refractivity contribution in [3.05, 3.63) is 68.9 Å². The molecule has 0 aliphatic rings. The lowest BCUT2D eigenvalue weighted by atomic mass is 10.2. The van der Waals surface area contributed by atoms with Crippen molar-refractivity contribution in [1.82, 2.24) is 19.2 Å². The first kappa shape index (κ1) is 13.4. The van der Waals surface area contributed by atoms with Crippen LogP contribution in [0.1, 0.15) is 18.2 Å². The van der Waals surface area contributed by atoms with E-state index >= 15 is 0 Å². The Hall–Kier alpha value is -3.28. The van der Waals surface area contributed by atoms with Crippen LogP contribution in [-0.2, 0) is 0 Å². The SMILES string of the molecule is C=Cc1c(/C=C\C)nn2c(=O)c3c4ccccc4nn3c(=O)c12. The molecule has 6 nitrogen and oxygen atoms in total. The van der Waals surface area contributed by atoms with Gasteiger partial charge in [0.1, 0.15) is 11.0 Å². The van der Waals surface area contributed by atoms with Gasteiger partial charge in [0, 0.05) is 10.9 Å². The fraction of sp³-hybridized carbons (Fsp3) is 0.0588. The van der Waals surface area contributed by atoms with Crippen molar-refractivity contribution in [2.45, 2.75) is 6.92 Å². The van der Waals surface area contributed by atoms with E-state index in [-0.39, 0.29) is 22.2 Å². The van der Waals surface area contributed by atoms with Crippen LogP contribution in [-0.4, -0.2) is 19.2 Å². The molecule has 0 N–H and O–H groups in total. The Morgan fingerprint density at radius 3 is 2.48 bits per heavy atom. The minimum atomic E-state index is -0.381. The Balaban J connectivity index is 2.35. The monoisotopic (exact) mass is 304 g/mol. The lowest BCUT2D eigenvalue weighted by Gasteiger charge is -1.95. The van der Waals surface area contributed by atoms with Crippen molar-refractivity contribution in [2.75, 3.05) is 0 Å². The third kappa shape index (κ3) is 1.63. The van der Waals surface area contributed by atoms with Crippen LogP contribution in [0.3, 0.4) is 0 Å². The number of allylic oxidation sites excluding steroid dienone is 1. The maximum Gasteiger partial charge on any atom is 0.298 e. The van der Waals surface area contributed by atoms with Crippen LogP contribution in [0.2, 0.25) is 0 Å². The number of fused-ring (bicyclic) bond motifs is 4. The zero-order valence-electron chi connectivity index (χ0n) is 12.4. The second kappa shape index (κ2) is 4.61. The second-order valence-electron chi connectivity index (χ2n) is 5.15. The van der Waals surface area contributed by atoms with E-state index in [1.807, 2.05) is 19.1 Å². The van der Waals surface area contributed by atoms with Crippen molar-refractivity contribution in [3.63, 3.8) is 0 Å². The average Bonchev–Trinajstić information content (AvgIpc) is 3.12. The van der Waals surface area contributed by atoms with Gasteiger partial charge in [-0.15, -0.1) is 0 Å². The molecule has 3 aromatic heterocycles. The molecule has 4 rings (SSSR count). The number of hydrogen-bond acceptors (Lipinski definition) is 4. The Morgan fingerprint density at radius 1 is 1.04 bits per heavy atom. The molecule has 112 valence electrons. The maximum atomic E-state index is 12.8. The van der Waals surface area contributed by atoms with Gasteiger partial charge in [-0.3, -0.25) is 9.59 Å². The molecule has 4 aromatic rings. The van der Waals surface area contributed by atoms with Crippen LogP contribution in [0.4, 0.5) is 0 Å². The predicted molar refractivity (Wildman–Crippen MR) is 90.0 cm³/mol. The van der Waals surface area contributed by atoms with Crippen LogP contribution in [0.5, 0.6) is 0 Å². The highest BCUT2D eigenvalue weighted by atomic mass is 16.2. The Labute approximate surface area is 129 Å². The Morgan fingerprint density at radius 2 is 1.74 bits per heavy atom. The van der Waals surface area contributed by atoms with Gasteiger partial charge in [-0.25, -0.2) is 0 Å². The normalized spacial score (nSPS) is 12.0. The molecule has 0 fully saturated rings. The number of benzene rings is 1. The lowest BCUT2D eigenvalue weighted by Crippen LogP contribution is -2.27. The smallest absolute Gasteiger partial charge is 0.265 e. The van der Waals surface area contributed by atoms with Crippen molar-refractivity contribution in [1.29, 1.82) is 0 Å². The van der Waals surface area contributed by atoms with E-state index in [0.717, 1.165) is 9.03 Å². The minimum absolute atomic E-state index is 0.193. The first-order valence-electron chi connectivity index (χ1n) is 7.12. The molecule has 0 spiro atoms. The summed E-state index contributed by atoms with van der Waals surface area (Å²) in [6, 6.07) is 7.16. The van der Waals surface area contributed by atoms with Gasteiger partial charge < -0.3 is 0 Å². The van der Waals surface area contributed by atoms with E-state index in [1.165, 1.54) is 6.08 Å². The van der Waals surface area contributed by atoms with Crippen LogP contribution in [0, 0.1) is 0 Å². The first-order valence-corrected chi connectivity index (χ1v) is 7.12. The summed E-state index contributed by atoms with van der Waals surface area (Å²) in [5.41, 5.74) is 1.35. The molecule has 0 aliphatic heterocycles. The third-order valence-corrected chi connectivity index (χ3v) is 3.85. The largest absolute Gasteiger partial charge is 0.298 e. The predicted octanol–water partition coefficient (Wildman–Crippen LogP) is 1.97. The highest BCUT2D eigenvalue weighted by Crippen LogP contribution is 2.18. The maximum absolute atomic E-state index is 12.8. The molecule has 0 saturated carbocycles. The van der Waals surface area contributed by atoms with Crippen LogP contribution < -0.4 is 11.1 Å². The zero-order chi connectivity index (χ0) is 16.1. The molecule has 0 radical (unpaired) electrons. The molecule has 0 amide bonds. The van der Waals surface area contributed by atoms with Gasteiger partial charge in [-0.05, 0) is 19.1 Å². The third-order valence-electron chi connectivity index (χ3n) is 3.85. The summed E-state index contributed by atoms with van der Waals surface area (Å²) in [6.07, 6.45) is 5.07. The molecule has 0 unspecified atom stereocenters. The van der Waals surface area contributed by atoms with E-state index in [2.05, 4.69) is 16.8 Å². The molecule has 0 aliphatic carbocycles. The topological polar surface area (TPSA) is 68.7 Å². The number of aromatic nitrogens is 4. The van der Waals surface area contributed by atoms with E-state index in [9.17, 15) is 9.59 Å². The van der Waals surface area contributed by atoms with Crippen molar-refractivity contribution < 1.29 is 0 Å². The molecular formula is C17H12N4O2. The first-order chi connectivity index (χ1) is 11.2. The molecule has 0 saturated heterocycles. The molecule has 0 atom stereocenters. The molecule has 0 bridgehead atoms. The van der Waals surface area contributed by atoms with E-state index in [4.69, 9.17) is 0 Å². The zero-order valence-corrected chi connectivity index (χ0v) is 12.4. The van der Waals surface area contributed by atoms with Crippen molar-refractivity contribution >= 4 is 34.1 Å². The molecule has 23 heavy (non-hydrogen) atoms. The van der Waals surface area contributed by atoms with Gasteiger partial charge in [0.05, 0.1) is 11.2 Å². The van der Waals surface area contributed by atoms with Gasteiger partial charge in [-0.2, -0.15) is 19.2 Å². The van der Waals surface area contributed by atoms with Gasteiger partial charge >= 0.3 is 0 Å². The molecular weight excluding hydrogens is 292 g/mol. The summed E-state index contributed by atoms with van der Waals surface area (Å²) in [4.78, 5) is 25.7. The summed E-state index contributed by atoms with van der Waals surface area (Å²) in [5.74, 6) is 0. The molecule has 3 heterocycles. The molecule has 1 aromatic carbocycles. The average molecular weight is 304 g/mol. The Bertz CT molecular complexity index is 1230. The number of hydrogen-bond donors (Lipinski definition) is 0. The Kier molecular flexibility index (Phi) is 2.68. The lowest BCUT2D eigenvalue weighted by molar-refractivity contribution is 0.856. The van der Waals surface area contributed by atoms with Crippen molar-refractivity contribution in [3.8, 4) is 0 Å². The van der Waals surface area contributed by atoms with Crippen molar-refractivity contribution in [2.24, 2.45) is 0 Å². The van der Waals surface area contributed by atoms with Crippen LogP contribution in [0.25, 0.3) is 34.1 Å². The fourth-order valence-electron chi connectivity index (χ4n) is 2.87. The van der Waals surface area contributed by atoms with E-state index in [1.54, 1.807) is 24.3 Å².